The van der Waals surface area contributed by atoms with Crippen LogP contribution in [-0.2, 0) is 21.4 Å². The Morgan fingerprint density at radius 3 is 2.60 bits per heavy atom. The van der Waals surface area contributed by atoms with E-state index in [0.29, 0.717) is 13.1 Å². The van der Waals surface area contributed by atoms with E-state index in [1.165, 1.54) is 12.1 Å². The zero-order valence-corrected chi connectivity index (χ0v) is 15.2. The molecule has 0 spiro atoms. The molecule has 25 heavy (non-hydrogen) atoms. The maximum absolute atomic E-state index is 12.9. The van der Waals surface area contributed by atoms with Gasteiger partial charge in [0.05, 0.1) is 11.4 Å². The van der Waals surface area contributed by atoms with Crippen LogP contribution in [0, 0.1) is 5.82 Å². The van der Waals surface area contributed by atoms with E-state index in [1.54, 1.807) is 22.3 Å². The fourth-order valence-electron chi connectivity index (χ4n) is 2.15. The first kappa shape index (κ1) is 19.3. The van der Waals surface area contributed by atoms with Crippen LogP contribution in [-0.4, -0.2) is 32.3 Å². The number of nitrogens with zero attached hydrogens (tertiary/aromatic N) is 1. The van der Waals surface area contributed by atoms with Gasteiger partial charge in [0.15, 0.2) is 0 Å². The van der Waals surface area contributed by atoms with Gasteiger partial charge >= 0.3 is 0 Å². The molecule has 0 aliphatic carbocycles. The molecule has 1 aromatic heterocycles. The van der Waals surface area contributed by atoms with E-state index in [-0.39, 0.29) is 23.8 Å². The Hall–Kier alpha value is -2.03. The molecule has 2 rings (SSSR count). The zero-order valence-electron chi connectivity index (χ0n) is 13.5. The molecular formula is C17H19FN2O3S2. The lowest BCUT2D eigenvalue weighted by atomic mass is 10.3. The molecule has 0 unspecified atom stereocenters. The van der Waals surface area contributed by atoms with Crippen molar-refractivity contribution in [2.45, 2.75) is 17.9 Å². The number of rotatable bonds is 9. The van der Waals surface area contributed by atoms with Gasteiger partial charge < -0.3 is 4.90 Å². The number of sulfonamides is 1. The van der Waals surface area contributed by atoms with Crippen molar-refractivity contribution in [2.75, 3.05) is 13.1 Å². The van der Waals surface area contributed by atoms with E-state index in [2.05, 4.69) is 11.3 Å². The van der Waals surface area contributed by atoms with Crippen molar-refractivity contribution in [3.8, 4) is 0 Å². The Morgan fingerprint density at radius 1 is 1.28 bits per heavy atom. The molecule has 1 amide bonds. The fourth-order valence-corrected chi connectivity index (χ4v) is 3.90. The minimum atomic E-state index is -3.77. The first-order valence-corrected chi connectivity index (χ1v) is 9.95. The molecule has 0 fully saturated rings. The van der Waals surface area contributed by atoms with E-state index < -0.39 is 15.8 Å². The first-order valence-electron chi connectivity index (χ1n) is 7.58. The lowest BCUT2D eigenvalue weighted by Crippen LogP contribution is -2.34. The number of carbonyl (C=O) groups excluding carboxylic acids is 1. The third-order valence-corrected chi connectivity index (χ3v) is 5.72. The highest BCUT2D eigenvalue weighted by Gasteiger charge is 2.17. The van der Waals surface area contributed by atoms with Crippen LogP contribution in [0.4, 0.5) is 4.39 Å². The molecule has 0 bridgehead atoms. The van der Waals surface area contributed by atoms with Gasteiger partial charge in [-0.05, 0) is 35.7 Å². The molecule has 8 heteroatoms. The Balaban J connectivity index is 1.91. The summed E-state index contributed by atoms with van der Waals surface area (Å²) in [6.07, 6.45) is 1.66. The summed E-state index contributed by atoms with van der Waals surface area (Å²) in [7, 11) is -3.77. The molecule has 1 N–H and O–H groups in total. The van der Waals surface area contributed by atoms with Crippen LogP contribution in [0.5, 0.6) is 0 Å². The van der Waals surface area contributed by atoms with Crippen LogP contribution in [0.2, 0.25) is 0 Å². The Bertz CT molecular complexity index is 803. The second kappa shape index (κ2) is 8.89. The van der Waals surface area contributed by atoms with Crippen molar-refractivity contribution in [1.29, 1.82) is 0 Å². The van der Waals surface area contributed by atoms with Crippen molar-refractivity contribution in [3.63, 3.8) is 0 Å². The maximum Gasteiger partial charge on any atom is 0.240 e. The predicted octanol–water partition coefficient (Wildman–Crippen LogP) is 2.77. The number of halogens is 1. The fraction of sp³-hybridized carbons (Fsp3) is 0.235. The van der Waals surface area contributed by atoms with E-state index in [1.807, 2.05) is 17.5 Å². The van der Waals surface area contributed by atoms with Crippen LogP contribution >= 0.6 is 11.3 Å². The Morgan fingerprint density at radius 2 is 2.00 bits per heavy atom. The summed E-state index contributed by atoms with van der Waals surface area (Å²) in [5.41, 5.74) is 0. The van der Waals surface area contributed by atoms with Crippen molar-refractivity contribution < 1.29 is 17.6 Å². The van der Waals surface area contributed by atoms with Gasteiger partial charge in [-0.1, -0.05) is 12.1 Å². The molecule has 134 valence electrons. The summed E-state index contributed by atoms with van der Waals surface area (Å²) in [5, 5.41) is 1.93. The molecule has 2 aromatic rings. The number of hydrogen-bond donors (Lipinski definition) is 1. The topological polar surface area (TPSA) is 66.5 Å². The zero-order chi connectivity index (χ0) is 18.3. The summed E-state index contributed by atoms with van der Waals surface area (Å²) in [6, 6.07) is 8.36. The van der Waals surface area contributed by atoms with Crippen LogP contribution in [0.15, 0.2) is 59.3 Å². The first-order chi connectivity index (χ1) is 11.9. The van der Waals surface area contributed by atoms with Crippen LogP contribution < -0.4 is 4.72 Å². The third kappa shape index (κ3) is 5.77. The lowest BCUT2D eigenvalue weighted by Gasteiger charge is -2.20. The van der Waals surface area contributed by atoms with E-state index in [4.69, 9.17) is 0 Å². The van der Waals surface area contributed by atoms with Gasteiger partial charge in [0, 0.05) is 24.4 Å². The number of carbonyl (C=O) groups is 1. The summed E-state index contributed by atoms with van der Waals surface area (Å²) in [5.74, 6) is -0.683. The Labute approximate surface area is 150 Å². The smallest absolute Gasteiger partial charge is 0.240 e. The summed E-state index contributed by atoms with van der Waals surface area (Å²) in [6.45, 7) is 4.47. The monoisotopic (exact) mass is 382 g/mol. The molecule has 1 aromatic carbocycles. The highest BCUT2D eigenvalue weighted by molar-refractivity contribution is 7.89. The number of amides is 1. The van der Waals surface area contributed by atoms with Crippen molar-refractivity contribution in [3.05, 3.63) is 65.1 Å². The molecule has 0 aliphatic heterocycles. The minimum absolute atomic E-state index is 0.0274. The van der Waals surface area contributed by atoms with Crippen LogP contribution in [0.3, 0.4) is 0 Å². The van der Waals surface area contributed by atoms with E-state index in [9.17, 15) is 17.6 Å². The molecule has 0 saturated carbocycles. The number of nitrogens with one attached hydrogen (secondary N) is 1. The van der Waals surface area contributed by atoms with Gasteiger partial charge in [0.2, 0.25) is 15.9 Å². The van der Waals surface area contributed by atoms with Crippen LogP contribution in [0.25, 0.3) is 0 Å². The predicted molar refractivity (Wildman–Crippen MR) is 96.1 cm³/mol. The average Bonchev–Trinajstić information content (AvgIpc) is 3.07. The van der Waals surface area contributed by atoms with Crippen LogP contribution in [0.1, 0.15) is 11.3 Å². The van der Waals surface area contributed by atoms with Gasteiger partial charge in [-0.15, -0.1) is 17.9 Å². The Kier molecular flexibility index (Phi) is 6.86. The van der Waals surface area contributed by atoms with Crippen molar-refractivity contribution >= 4 is 27.3 Å². The van der Waals surface area contributed by atoms with Gasteiger partial charge in [-0.25, -0.2) is 17.5 Å². The molecule has 0 saturated heterocycles. The van der Waals surface area contributed by atoms with Gasteiger partial charge in [-0.3, -0.25) is 4.79 Å². The molecule has 5 nitrogen and oxygen atoms in total. The van der Waals surface area contributed by atoms with Gasteiger partial charge in [0.1, 0.15) is 5.82 Å². The molecule has 1 heterocycles. The minimum Gasteiger partial charge on any atom is -0.334 e. The average molecular weight is 382 g/mol. The van der Waals surface area contributed by atoms with E-state index >= 15 is 0 Å². The van der Waals surface area contributed by atoms with Crippen molar-refractivity contribution in [2.24, 2.45) is 0 Å². The summed E-state index contributed by atoms with van der Waals surface area (Å²) >= 11 is 1.55. The van der Waals surface area contributed by atoms with Gasteiger partial charge in [0.25, 0.3) is 0 Å². The summed E-state index contributed by atoms with van der Waals surface area (Å²) in [4.78, 5) is 14.9. The van der Waals surface area contributed by atoms with Gasteiger partial charge in [-0.2, -0.15) is 0 Å². The second-order valence-corrected chi connectivity index (χ2v) is 8.04. The largest absolute Gasteiger partial charge is 0.334 e. The van der Waals surface area contributed by atoms with Crippen molar-refractivity contribution in [1.82, 2.24) is 9.62 Å². The SMILES string of the molecule is C=CCN(Cc1cccs1)C(=O)CCNS(=O)(=O)c1ccc(F)cc1. The standard InChI is InChI=1S/C17H19FN2O3S2/c1-2-11-20(13-15-4-3-12-24-15)17(21)9-10-19-25(22,23)16-7-5-14(18)6-8-16/h2-8,12,19H,1,9-11,13H2. The number of thiophene rings is 1. The molecule has 0 radical (unpaired) electrons. The molecule has 0 atom stereocenters. The number of benzene rings is 1. The quantitative estimate of drug-likeness (QED) is 0.678. The molecule has 0 aliphatic rings. The second-order valence-electron chi connectivity index (χ2n) is 5.24. The van der Waals surface area contributed by atoms with E-state index in [0.717, 1.165) is 17.0 Å². The highest BCUT2D eigenvalue weighted by atomic mass is 32.2. The maximum atomic E-state index is 12.9. The number of hydrogen-bond acceptors (Lipinski definition) is 4. The third-order valence-electron chi connectivity index (χ3n) is 3.38. The highest BCUT2D eigenvalue weighted by Crippen LogP contribution is 2.13. The summed E-state index contributed by atoms with van der Waals surface area (Å²) < 4.78 is 39.4. The lowest BCUT2D eigenvalue weighted by molar-refractivity contribution is -0.131. The molecular weight excluding hydrogens is 363 g/mol. The normalized spacial score (nSPS) is 11.2.